The normalized spacial score (nSPS) is 16.5. The summed E-state index contributed by atoms with van der Waals surface area (Å²) in [6.07, 6.45) is 9.66. The summed E-state index contributed by atoms with van der Waals surface area (Å²) < 4.78 is 1.97. The van der Waals surface area contributed by atoms with Gasteiger partial charge in [-0.05, 0) is 25.0 Å². The highest BCUT2D eigenvalue weighted by Crippen LogP contribution is 2.07. The average Bonchev–Trinajstić information content (AvgIpc) is 2.89. The minimum Gasteiger partial charge on any atom is -0.307 e. The monoisotopic (exact) mass is 233 g/mol. The SMILES string of the molecule is CON1CCCCC1.c1ccn2ccnc2c1. The van der Waals surface area contributed by atoms with E-state index in [9.17, 15) is 0 Å². The second-order valence-corrected chi connectivity index (χ2v) is 4.07. The number of imidazole rings is 1. The Morgan fingerprint density at radius 3 is 2.59 bits per heavy atom. The van der Waals surface area contributed by atoms with E-state index in [1.165, 1.54) is 19.3 Å². The second-order valence-electron chi connectivity index (χ2n) is 4.07. The maximum absolute atomic E-state index is 5.02. The van der Waals surface area contributed by atoms with Crippen molar-refractivity contribution < 1.29 is 4.84 Å². The van der Waals surface area contributed by atoms with Gasteiger partial charge in [0.15, 0.2) is 0 Å². The Balaban J connectivity index is 0.000000128. The molecule has 0 amide bonds. The number of hydroxylamine groups is 2. The third-order valence-corrected chi connectivity index (χ3v) is 2.87. The maximum Gasteiger partial charge on any atom is 0.136 e. The predicted molar refractivity (Wildman–Crippen MR) is 67.6 cm³/mol. The van der Waals surface area contributed by atoms with Crippen LogP contribution in [0.4, 0.5) is 0 Å². The molecule has 0 saturated carbocycles. The molecule has 1 fully saturated rings. The molecule has 0 aliphatic carbocycles. The molecule has 2 aromatic heterocycles. The predicted octanol–water partition coefficient (Wildman–Crippen LogP) is 2.37. The third-order valence-electron chi connectivity index (χ3n) is 2.87. The first-order valence-electron chi connectivity index (χ1n) is 6.07. The van der Waals surface area contributed by atoms with E-state index in [-0.39, 0.29) is 0 Å². The van der Waals surface area contributed by atoms with Crippen molar-refractivity contribution in [3.63, 3.8) is 0 Å². The van der Waals surface area contributed by atoms with Crippen LogP contribution in [0, 0.1) is 0 Å². The van der Waals surface area contributed by atoms with E-state index in [2.05, 4.69) is 4.98 Å². The molecule has 0 bridgehead atoms. The van der Waals surface area contributed by atoms with Gasteiger partial charge in [0.25, 0.3) is 0 Å². The number of rotatable bonds is 1. The largest absolute Gasteiger partial charge is 0.307 e. The standard InChI is InChI=1S/C7H6N2.C6H13NO/c1-2-5-9-6-4-8-7(9)3-1;1-8-7-5-3-2-4-6-7/h1-6H;2-6H2,1H3. The number of aromatic nitrogens is 2. The van der Waals surface area contributed by atoms with Crippen LogP contribution < -0.4 is 0 Å². The quantitative estimate of drug-likeness (QED) is 0.757. The Morgan fingerprint density at radius 1 is 1.12 bits per heavy atom. The van der Waals surface area contributed by atoms with Crippen LogP contribution in [0.5, 0.6) is 0 Å². The Kier molecular flexibility index (Phi) is 4.53. The van der Waals surface area contributed by atoms with Crippen molar-refractivity contribution in [2.75, 3.05) is 20.2 Å². The van der Waals surface area contributed by atoms with Gasteiger partial charge in [-0.1, -0.05) is 12.5 Å². The summed E-state index contributed by atoms with van der Waals surface area (Å²) in [6.45, 7) is 2.24. The van der Waals surface area contributed by atoms with Crippen molar-refractivity contribution in [2.24, 2.45) is 0 Å². The van der Waals surface area contributed by atoms with Gasteiger partial charge in [0, 0.05) is 31.7 Å². The first kappa shape index (κ1) is 12.1. The molecular formula is C13H19N3O. The fourth-order valence-electron chi connectivity index (χ4n) is 1.91. The molecular weight excluding hydrogens is 214 g/mol. The fourth-order valence-corrected chi connectivity index (χ4v) is 1.91. The molecule has 1 aliphatic heterocycles. The molecule has 0 aromatic carbocycles. The molecule has 0 unspecified atom stereocenters. The first-order valence-corrected chi connectivity index (χ1v) is 6.07. The molecule has 0 radical (unpaired) electrons. The van der Waals surface area contributed by atoms with Crippen LogP contribution >= 0.6 is 0 Å². The van der Waals surface area contributed by atoms with E-state index in [1.54, 1.807) is 13.3 Å². The highest BCUT2D eigenvalue weighted by atomic mass is 16.7. The molecule has 0 spiro atoms. The lowest BCUT2D eigenvalue weighted by molar-refractivity contribution is -0.141. The van der Waals surface area contributed by atoms with Crippen molar-refractivity contribution in [1.82, 2.24) is 14.4 Å². The lowest BCUT2D eigenvalue weighted by atomic mass is 10.2. The zero-order valence-electron chi connectivity index (χ0n) is 10.2. The van der Waals surface area contributed by atoms with Crippen LogP contribution in [0.15, 0.2) is 36.8 Å². The molecule has 4 nitrogen and oxygen atoms in total. The molecule has 1 saturated heterocycles. The number of nitrogens with zero attached hydrogens (tertiary/aromatic N) is 3. The molecule has 3 heterocycles. The minimum absolute atomic E-state index is 0.998. The molecule has 92 valence electrons. The topological polar surface area (TPSA) is 29.8 Å². The van der Waals surface area contributed by atoms with Gasteiger partial charge < -0.3 is 9.24 Å². The van der Waals surface area contributed by atoms with Crippen LogP contribution in [0.2, 0.25) is 0 Å². The van der Waals surface area contributed by atoms with E-state index >= 15 is 0 Å². The lowest BCUT2D eigenvalue weighted by Crippen LogP contribution is -2.28. The van der Waals surface area contributed by atoms with Gasteiger partial charge in [-0.25, -0.2) is 4.98 Å². The van der Waals surface area contributed by atoms with Crippen LogP contribution in [-0.4, -0.2) is 34.6 Å². The number of pyridine rings is 1. The van der Waals surface area contributed by atoms with Gasteiger partial charge in [0.1, 0.15) is 5.65 Å². The van der Waals surface area contributed by atoms with Gasteiger partial charge in [-0.3, -0.25) is 0 Å². The molecule has 17 heavy (non-hydrogen) atoms. The average molecular weight is 233 g/mol. The van der Waals surface area contributed by atoms with Gasteiger partial charge in [-0.2, -0.15) is 5.06 Å². The number of piperidine rings is 1. The van der Waals surface area contributed by atoms with Crippen LogP contribution in [-0.2, 0) is 4.84 Å². The highest BCUT2D eigenvalue weighted by molar-refractivity contribution is 5.36. The van der Waals surface area contributed by atoms with Crippen molar-refractivity contribution in [3.8, 4) is 0 Å². The Bertz CT molecular complexity index is 405. The summed E-state index contributed by atoms with van der Waals surface area (Å²) in [5, 5.41) is 2.02. The maximum atomic E-state index is 5.02. The molecule has 2 aromatic rings. The summed E-state index contributed by atoms with van der Waals surface area (Å²) in [5.74, 6) is 0. The van der Waals surface area contributed by atoms with Crippen molar-refractivity contribution in [2.45, 2.75) is 19.3 Å². The van der Waals surface area contributed by atoms with Gasteiger partial charge in [0.05, 0.1) is 7.11 Å². The molecule has 3 rings (SSSR count). The number of hydrogen-bond acceptors (Lipinski definition) is 3. The molecule has 0 atom stereocenters. The number of hydrogen-bond donors (Lipinski definition) is 0. The van der Waals surface area contributed by atoms with E-state index in [4.69, 9.17) is 4.84 Å². The fraction of sp³-hybridized carbons (Fsp3) is 0.462. The molecule has 1 aliphatic rings. The van der Waals surface area contributed by atoms with E-state index in [1.807, 2.05) is 40.1 Å². The Morgan fingerprint density at radius 2 is 1.94 bits per heavy atom. The van der Waals surface area contributed by atoms with Crippen molar-refractivity contribution >= 4 is 5.65 Å². The van der Waals surface area contributed by atoms with E-state index < -0.39 is 0 Å². The van der Waals surface area contributed by atoms with Crippen LogP contribution in [0.25, 0.3) is 5.65 Å². The van der Waals surface area contributed by atoms with E-state index in [0.717, 1.165) is 18.7 Å². The van der Waals surface area contributed by atoms with Gasteiger partial charge in [0.2, 0.25) is 0 Å². The lowest BCUT2D eigenvalue weighted by Gasteiger charge is -2.23. The Labute approximate surface area is 102 Å². The van der Waals surface area contributed by atoms with Crippen molar-refractivity contribution in [1.29, 1.82) is 0 Å². The first-order chi connectivity index (χ1) is 8.40. The van der Waals surface area contributed by atoms with E-state index in [0.29, 0.717) is 0 Å². The molecule has 0 N–H and O–H groups in total. The van der Waals surface area contributed by atoms with Gasteiger partial charge in [-0.15, -0.1) is 0 Å². The van der Waals surface area contributed by atoms with Crippen LogP contribution in [0.3, 0.4) is 0 Å². The minimum atomic E-state index is 0.998. The second kappa shape index (κ2) is 6.37. The third kappa shape index (κ3) is 3.54. The smallest absolute Gasteiger partial charge is 0.136 e. The molecule has 4 heteroatoms. The summed E-state index contributed by atoms with van der Waals surface area (Å²) in [7, 11) is 1.74. The summed E-state index contributed by atoms with van der Waals surface area (Å²) in [5.41, 5.74) is 0.998. The zero-order valence-corrected chi connectivity index (χ0v) is 10.2. The Hall–Kier alpha value is -1.39. The highest BCUT2D eigenvalue weighted by Gasteiger charge is 2.06. The van der Waals surface area contributed by atoms with Crippen molar-refractivity contribution in [3.05, 3.63) is 36.8 Å². The summed E-state index contributed by atoms with van der Waals surface area (Å²) >= 11 is 0. The number of fused-ring (bicyclic) bond motifs is 1. The summed E-state index contributed by atoms with van der Waals surface area (Å²) in [4.78, 5) is 9.11. The van der Waals surface area contributed by atoms with Gasteiger partial charge >= 0.3 is 0 Å². The zero-order chi connectivity index (χ0) is 11.9. The van der Waals surface area contributed by atoms with Crippen LogP contribution in [0.1, 0.15) is 19.3 Å². The summed E-state index contributed by atoms with van der Waals surface area (Å²) in [6, 6.07) is 5.93.